The largest absolute Gasteiger partial charge is 0.368 e. The van der Waals surface area contributed by atoms with E-state index in [2.05, 4.69) is 5.32 Å². The van der Waals surface area contributed by atoms with Crippen molar-refractivity contribution in [3.8, 4) is 11.1 Å². The molecule has 124 valence electrons. The van der Waals surface area contributed by atoms with Crippen molar-refractivity contribution >= 4 is 11.8 Å². The third-order valence-corrected chi connectivity index (χ3v) is 4.91. The maximum absolute atomic E-state index is 13.0. The fourth-order valence-corrected chi connectivity index (χ4v) is 3.40. The summed E-state index contributed by atoms with van der Waals surface area (Å²) in [6.45, 7) is 3.90. The van der Waals surface area contributed by atoms with E-state index in [0.717, 1.165) is 28.7 Å². The maximum atomic E-state index is 13.0. The number of hydrogen-bond donors (Lipinski definition) is 2. The number of primary amides is 1. The van der Waals surface area contributed by atoms with E-state index in [1.54, 1.807) is 0 Å². The van der Waals surface area contributed by atoms with Gasteiger partial charge in [-0.05, 0) is 28.2 Å². The molecule has 0 heterocycles. The number of fused-ring (bicyclic) bond motifs is 3. The summed E-state index contributed by atoms with van der Waals surface area (Å²) >= 11 is 0. The average Bonchev–Trinajstić information content (AvgIpc) is 2.93. The molecule has 0 unspecified atom stereocenters. The van der Waals surface area contributed by atoms with E-state index in [1.165, 1.54) is 0 Å². The van der Waals surface area contributed by atoms with Crippen molar-refractivity contribution in [2.24, 2.45) is 11.7 Å². The van der Waals surface area contributed by atoms with Gasteiger partial charge in [0.15, 0.2) is 0 Å². The van der Waals surface area contributed by atoms with E-state index in [1.807, 2.05) is 62.4 Å². The molecule has 0 aromatic heterocycles. The van der Waals surface area contributed by atoms with Crippen LogP contribution in [0.5, 0.6) is 0 Å². The molecule has 0 aliphatic heterocycles. The highest BCUT2D eigenvalue weighted by Gasteiger charge is 2.35. The summed E-state index contributed by atoms with van der Waals surface area (Å²) in [7, 11) is 0. The molecule has 2 amide bonds. The van der Waals surface area contributed by atoms with Crippen molar-refractivity contribution in [3.63, 3.8) is 0 Å². The summed E-state index contributed by atoms with van der Waals surface area (Å²) in [6, 6.07) is 15.2. The summed E-state index contributed by atoms with van der Waals surface area (Å²) in [5, 5.41) is 2.88. The average molecular weight is 322 g/mol. The minimum atomic E-state index is -0.651. The second-order valence-electron chi connectivity index (χ2n) is 6.38. The molecule has 2 aromatic rings. The molecule has 4 heteroatoms. The van der Waals surface area contributed by atoms with Gasteiger partial charge in [-0.1, -0.05) is 68.8 Å². The highest BCUT2D eigenvalue weighted by molar-refractivity contribution is 5.98. The molecule has 1 aliphatic rings. The molecule has 0 bridgehead atoms. The molecule has 0 radical (unpaired) electrons. The quantitative estimate of drug-likeness (QED) is 0.888. The van der Waals surface area contributed by atoms with E-state index in [4.69, 9.17) is 5.73 Å². The molecule has 3 rings (SSSR count). The molecule has 3 N–H and O–H groups in total. The Hall–Kier alpha value is -2.62. The lowest BCUT2D eigenvalue weighted by atomic mass is 9.93. The minimum Gasteiger partial charge on any atom is -0.368 e. The SMILES string of the molecule is CC[C@H](C)[C@@H](NC(=O)C1c2ccccc2-c2ccccc21)C(N)=O. The van der Waals surface area contributed by atoms with Crippen LogP contribution in [0.2, 0.25) is 0 Å². The van der Waals surface area contributed by atoms with Crippen LogP contribution in [0.15, 0.2) is 48.5 Å². The van der Waals surface area contributed by atoms with Gasteiger partial charge < -0.3 is 11.1 Å². The van der Waals surface area contributed by atoms with Gasteiger partial charge in [0.05, 0.1) is 5.92 Å². The normalized spacial score (nSPS) is 15.2. The van der Waals surface area contributed by atoms with Crippen molar-refractivity contribution in [2.45, 2.75) is 32.2 Å². The van der Waals surface area contributed by atoms with E-state index in [9.17, 15) is 9.59 Å². The van der Waals surface area contributed by atoms with Crippen LogP contribution < -0.4 is 11.1 Å². The van der Waals surface area contributed by atoms with Gasteiger partial charge in [-0.2, -0.15) is 0 Å². The summed E-state index contributed by atoms with van der Waals surface area (Å²) in [5.41, 5.74) is 9.60. The van der Waals surface area contributed by atoms with Crippen LogP contribution in [0.3, 0.4) is 0 Å². The molecule has 0 saturated carbocycles. The van der Waals surface area contributed by atoms with E-state index in [0.29, 0.717) is 0 Å². The van der Waals surface area contributed by atoms with Gasteiger partial charge in [-0.3, -0.25) is 9.59 Å². The number of amides is 2. The lowest BCUT2D eigenvalue weighted by molar-refractivity contribution is -0.128. The zero-order chi connectivity index (χ0) is 17.3. The number of nitrogens with two attached hydrogens (primary N) is 1. The number of rotatable bonds is 5. The Labute approximate surface area is 142 Å². The third kappa shape index (κ3) is 2.68. The second kappa shape index (κ2) is 6.48. The van der Waals surface area contributed by atoms with Gasteiger partial charge in [-0.15, -0.1) is 0 Å². The number of nitrogens with one attached hydrogen (secondary N) is 1. The molecule has 0 spiro atoms. The third-order valence-electron chi connectivity index (χ3n) is 4.91. The first-order valence-corrected chi connectivity index (χ1v) is 8.32. The zero-order valence-corrected chi connectivity index (χ0v) is 14.0. The summed E-state index contributed by atoms with van der Waals surface area (Å²) in [5.74, 6) is -1.06. The predicted molar refractivity (Wildman–Crippen MR) is 94.3 cm³/mol. The Morgan fingerprint density at radius 3 is 2.00 bits per heavy atom. The summed E-state index contributed by atoms with van der Waals surface area (Å²) in [4.78, 5) is 24.7. The molecular formula is C20H22N2O2. The standard InChI is InChI=1S/C20H22N2O2/c1-3-12(2)18(19(21)23)22-20(24)17-15-10-6-4-8-13(15)14-9-5-7-11-16(14)17/h4-12,17-18H,3H2,1-2H3,(H2,21,23)(H,22,24)/t12-,18+/m0/s1. The highest BCUT2D eigenvalue weighted by Crippen LogP contribution is 2.44. The van der Waals surface area contributed by atoms with Gasteiger partial charge in [0.25, 0.3) is 0 Å². The van der Waals surface area contributed by atoms with E-state index >= 15 is 0 Å². The van der Waals surface area contributed by atoms with Crippen LogP contribution in [0.1, 0.15) is 37.3 Å². The topological polar surface area (TPSA) is 72.2 Å². The minimum absolute atomic E-state index is 0.00154. The first-order chi connectivity index (χ1) is 11.5. The zero-order valence-electron chi connectivity index (χ0n) is 14.0. The van der Waals surface area contributed by atoms with E-state index in [-0.39, 0.29) is 11.8 Å². The van der Waals surface area contributed by atoms with Crippen LogP contribution in [-0.2, 0) is 9.59 Å². The van der Waals surface area contributed by atoms with Gasteiger partial charge >= 0.3 is 0 Å². The molecule has 0 saturated heterocycles. The molecule has 4 nitrogen and oxygen atoms in total. The molecule has 1 aliphatic carbocycles. The smallest absolute Gasteiger partial charge is 0.240 e. The second-order valence-corrected chi connectivity index (χ2v) is 6.38. The van der Waals surface area contributed by atoms with Crippen molar-refractivity contribution < 1.29 is 9.59 Å². The van der Waals surface area contributed by atoms with Crippen molar-refractivity contribution in [2.75, 3.05) is 0 Å². The number of carbonyl (C=O) groups is 2. The van der Waals surface area contributed by atoms with Crippen LogP contribution in [0, 0.1) is 5.92 Å². The first-order valence-electron chi connectivity index (χ1n) is 8.32. The Kier molecular flexibility index (Phi) is 4.38. The lowest BCUT2D eigenvalue weighted by Crippen LogP contribution is -2.49. The van der Waals surface area contributed by atoms with Crippen LogP contribution in [0.25, 0.3) is 11.1 Å². The number of hydrogen-bond acceptors (Lipinski definition) is 2. The molecule has 24 heavy (non-hydrogen) atoms. The molecule has 0 fully saturated rings. The van der Waals surface area contributed by atoms with Gasteiger partial charge in [0.1, 0.15) is 6.04 Å². The molecule has 2 aromatic carbocycles. The van der Waals surface area contributed by atoms with Crippen LogP contribution in [-0.4, -0.2) is 17.9 Å². The number of carbonyl (C=O) groups excluding carboxylic acids is 2. The fraction of sp³-hybridized carbons (Fsp3) is 0.300. The van der Waals surface area contributed by atoms with Crippen LogP contribution >= 0.6 is 0 Å². The van der Waals surface area contributed by atoms with Crippen LogP contribution in [0.4, 0.5) is 0 Å². The van der Waals surface area contributed by atoms with Crippen molar-refractivity contribution in [1.82, 2.24) is 5.32 Å². The summed E-state index contributed by atoms with van der Waals surface area (Å²) in [6.07, 6.45) is 0.770. The fourth-order valence-electron chi connectivity index (χ4n) is 3.40. The van der Waals surface area contributed by atoms with E-state index < -0.39 is 17.9 Å². The first kappa shape index (κ1) is 16.2. The number of benzene rings is 2. The Morgan fingerprint density at radius 2 is 1.54 bits per heavy atom. The van der Waals surface area contributed by atoms with Crippen molar-refractivity contribution in [1.29, 1.82) is 0 Å². The Balaban J connectivity index is 1.97. The summed E-state index contributed by atoms with van der Waals surface area (Å²) < 4.78 is 0. The van der Waals surface area contributed by atoms with Gasteiger partial charge in [0, 0.05) is 0 Å². The highest BCUT2D eigenvalue weighted by atomic mass is 16.2. The maximum Gasteiger partial charge on any atom is 0.240 e. The molecular weight excluding hydrogens is 300 g/mol. The Morgan fingerprint density at radius 1 is 1.04 bits per heavy atom. The Bertz CT molecular complexity index is 739. The van der Waals surface area contributed by atoms with Crippen molar-refractivity contribution in [3.05, 3.63) is 59.7 Å². The molecule has 2 atom stereocenters. The van der Waals surface area contributed by atoms with Gasteiger partial charge in [0.2, 0.25) is 11.8 Å². The predicted octanol–water partition coefficient (Wildman–Crippen LogP) is 2.82. The van der Waals surface area contributed by atoms with Gasteiger partial charge in [-0.25, -0.2) is 0 Å². The lowest BCUT2D eigenvalue weighted by Gasteiger charge is -2.23. The monoisotopic (exact) mass is 322 g/mol.